The van der Waals surface area contributed by atoms with Crippen molar-refractivity contribution >= 4 is 5.78 Å². The Balaban J connectivity index is 1.82. The first-order valence-electron chi connectivity index (χ1n) is 10.6. The summed E-state index contributed by atoms with van der Waals surface area (Å²) < 4.78 is 16.8. The third kappa shape index (κ3) is 2.09. The van der Waals surface area contributed by atoms with Crippen LogP contribution in [0, 0.1) is 28.1 Å². The Morgan fingerprint density at radius 2 is 1.54 bits per heavy atom. The Hall–Kier alpha value is -0.530. The van der Waals surface area contributed by atoms with Gasteiger partial charge >= 0.3 is 0 Å². The van der Waals surface area contributed by atoms with Gasteiger partial charge in [-0.3, -0.25) is 4.79 Å². The second-order valence-corrected chi connectivity index (χ2v) is 10.7. The van der Waals surface area contributed by atoms with Crippen LogP contribution < -0.4 is 0 Å². The van der Waals surface area contributed by atoms with Gasteiger partial charge in [-0.05, 0) is 49.4 Å². The minimum Gasteiger partial charge on any atom is -0.381 e. The second kappa shape index (κ2) is 6.01. The average Bonchev–Trinajstić information content (AvgIpc) is 2.87. The highest BCUT2D eigenvalue weighted by Crippen LogP contribution is 2.72. The summed E-state index contributed by atoms with van der Waals surface area (Å²) in [5.74, 6) is 0.784. The van der Waals surface area contributed by atoms with Crippen molar-refractivity contribution in [3.63, 3.8) is 0 Å². The number of ketones is 1. The van der Waals surface area contributed by atoms with Gasteiger partial charge in [0.05, 0.1) is 0 Å². The fourth-order valence-electron chi connectivity index (χ4n) is 8.08. The quantitative estimate of drug-likeness (QED) is 0.746. The minimum atomic E-state index is -1.57. The van der Waals surface area contributed by atoms with Crippen LogP contribution in [-0.2, 0) is 19.0 Å². The van der Waals surface area contributed by atoms with Crippen molar-refractivity contribution in [1.82, 2.24) is 0 Å². The smallest absolute Gasteiger partial charge is 0.192 e. The number of carbonyl (C=O) groups is 1. The molecule has 4 aliphatic rings. The number of methoxy groups -OCH3 is 2. The standard InChI is InChI=1S/C22H36O6/c1-18(2)13-7-11-20(4)14(19(13,3)10-9-15(18)23)8-12-21(24)16(26-5)28-17(27-6)22(20,21)25/h13-14,16-17,24-25H,7-12H2,1-6H3/t13-,14+,16?,17?,19-,20+,21?,22?/m0/s1. The van der Waals surface area contributed by atoms with Gasteiger partial charge in [0, 0.05) is 31.5 Å². The zero-order valence-corrected chi connectivity index (χ0v) is 18.1. The highest BCUT2D eigenvalue weighted by Gasteiger charge is 2.79. The summed E-state index contributed by atoms with van der Waals surface area (Å²) in [6, 6.07) is 0. The number of ether oxygens (including phenoxy) is 3. The molecule has 0 amide bonds. The van der Waals surface area contributed by atoms with Gasteiger partial charge in [0.1, 0.15) is 11.4 Å². The molecule has 0 radical (unpaired) electrons. The van der Waals surface area contributed by atoms with Crippen LogP contribution in [0.2, 0.25) is 0 Å². The lowest BCUT2D eigenvalue weighted by Gasteiger charge is -2.68. The molecule has 0 aromatic rings. The molecule has 0 aromatic carbocycles. The first-order valence-corrected chi connectivity index (χ1v) is 10.6. The van der Waals surface area contributed by atoms with E-state index in [2.05, 4.69) is 27.7 Å². The molecule has 4 fully saturated rings. The van der Waals surface area contributed by atoms with Crippen LogP contribution >= 0.6 is 0 Å². The maximum atomic E-state index is 12.7. The maximum Gasteiger partial charge on any atom is 0.192 e. The summed E-state index contributed by atoms with van der Waals surface area (Å²) in [4.78, 5) is 12.7. The van der Waals surface area contributed by atoms with Crippen LogP contribution in [0.5, 0.6) is 0 Å². The molecule has 3 aliphatic carbocycles. The number of aliphatic hydroxyl groups is 2. The normalized spacial score (nSPS) is 55.4. The predicted molar refractivity (Wildman–Crippen MR) is 102 cm³/mol. The van der Waals surface area contributed by atoms with E-state index < -0.39 is 29.2 Å². The Bertz CT molecular complexity index is 678. The molecule has 2 N–H and O–H groups in total. The van der Waals surface area contributed by atoms with Crippen molar-refractivity contribution in [2.24, 2.45) is 28.1 Å². The summed E-state index contributed by atoms with van der Waals surface area (Å²) in [5, 5.41) is 23.8. The summed E-state index contributed by atoms with van der Waals surface area (Å²) in [6.45, 7) is 8.56. The molecule has 28 heavy (non-hydrogen) atoms. The van der Waals surface area contributed by atoms with E-state index in [1.165, 1.54) is 14.2 Å². The minimum absolute atomic E-state index is 0.0785. The van der Waals surface area contributed by atoms with Gasteiger partial charge in [-0.15, -0.1) is 0 Å². The molecule has 1 aliphatic heterocycles. The van der Waals surface area contributed by atoms with E-state index in [9.17, 15) is 15.0 Å². The van der Waals surface area contributed by atoms with Crippen molar-refractivity contribution in [3.8, 4) is 0 Å². The molecule has 4 unspecified atom stereocenters. The molecule has 8 atom stereocenters. The van der Waals surface area contributed by atoms with Crippen molar-refractivity contribution in [1.29, 1.82) is 0 Å². The SMILES string of the molecule is COC1OC(OC)C2(O)C1(O)CC[C@@H]1[C@@]3(C)CCC(=O)C(C)(C)[C@@H]3CC[C@]12C. The van der Waals surface area contributed by atoms with Crippen molar-refractivity contribution < 1.29 is 29.2 Å². The van der Waals surface area contributed by atoms with Crippen LogP contribution in [0.4, 0.5) is 0 Å². The summed E-state index contributed by atoms with van der Waals surface area (Å²) >= 11 is 0. The first kappa shape index (κ1) is 20.7. The lowest BCUT2D eigenvalue weighted by Crippen LogP contribution is -2.75. The van der Waals surface area contributed by atoms with Crippen LogP contribution in [0.3, 0.4) is 0 Å². The summed E-state index contributed by atoms with van der Waals surface area (Å²) in [6.07, 6.45) is 2.26. The van der Waals surface area contributed by atoms with Crippen LogP contribution in [-0.4, -0.2) is 54.0 Å². The second-order valence-electron chi connectivity index (χ2n) is 10.7. The van der Waals surface area contributed by atoms with E-state index in [-0.39, 0.29) is 22.7 Å². The maximum absolute atomic E-state index is 12.7. The van der Waals surface area contributed by atoms with E-state index in [0.717, 1.165) is 19.3 Å². The Morgan fingerprint density at radius 1 is 0.929 bits per heavy atom. The van der Waals surface area contributed by atoms with Crippen LogP contribution in [0.25, 0.3) is 0 Å². The van der Waals surface area contributed by atoms with Crippen LogP contribution in [0.15, 0.2) is 0 Å². The van der Waals surface area contributed by atoms with Gasteiger partial charge in [-0.25, -0.2) is 0 Å². The zero-order valence-electron chi connectivity index (χ0n) is 18.1. The number of fused-ring (bicyclic) bond motifs is 5. The third-order valence-electron chi connectivity index (χ3n) is 9.55. The molecule has 4 rings (SSSR count). The molecule has 160 valence electrons. The lowest BCUT2D eigenvalue weighted by molar-refractivity contribution is -0.316. The van der Waals surface area contributed by atoms with Gasteiger partial charge in [-0.1, -0.05) is 27.7 Å². The number of rotatable bonds is 2. The van der Waals surface area contributed by atoms with Gasteiger partial charge in [0.2, 0.25) is 0 Å². The molecule has 3 saturated carbocycles. The Labute approximate surface area is 167 Å². The van der Waals surface area contributed by atoms with E-state index in [1.807, 2.05) is 0 Å². The van der Waals surface area contributed by atoms with E-state index in [4.69, 9.17) is 14.2 Å². The van der Waals surface area contributed by atoms with Crippen molar-refractivity contribution in [2.45, 2.75) is 90.0 Å². The third-order valence-corrected chi connectivity index (χ3v) is 9.55. The zero-order chi connectivity index (χ0) is 20.8. The number of carbonyl (C=O) groups excluding carboxylic acids is 1. The highest BCUT2D eigenvalue weighted by molar-refractivity contribution is 5.85. The highest BCUT2D eigenvalue weighted by atomic mass is 16.8. The predicted octanol–water partition coefficient (Wildman–Crippen LogP) is 2.65. The summed E-state index contributed by atoms with van der Waals surface area (Å²) in [7, 11) is 2.99. The largest absolute Gasteiger partial charge is 0.381 e. The average molecular weight is 397 g/mol. The molecule has 0 bridgehead atoms. The molecule has 1 heterocycles. The fourth-order valence-corrected chi connectivity index (χ4v) is 8.08. The summed E-state index contributed by atoms with van der Waals surface area (Å²) in [5.41, 5.74) is -4.12. The van der Waals surface area contributed by atoms with Gasteiger partial charge in [0.25, 0.3) is 0 Å². The van der Waals surface area contributed by atoms with Gasteiger partial charge in [-0.2, -0.15) is 0 Å². The molecule has 6 heteroatoms. The topological polar surface area (TPSA) is 85.2 Å². The molecule has 6 nitrogen and oxygen atoms in total. The van der Waals surface area contributed by atoms with Crippen LogP contribution in [0.1, 0.15) is 66.2 Å². The van der Waals surface area contributed by atoms with E-state index in [0.29, 0.717) is 25.0 Å². The Morgan fingerprint density at radius 3 is 2.14 bits per heavy atom. The first-order chi connectivity index (χ1) is 12.9. The monoisotopic (exact) mass is 396 g/mol. The Kier molecular flexibility index (Phi) is 4.45. The number of hydrogen-bond acceptors (Lipinski definition) is 6. The molecule has 0 aromatic heterocycles. The van der Waals surface area contributed by atoms with Gasteiger partial charge < -0.3 is 24.4 Å². The molecular weight excluding hydrogens is 360 g/mol. The number of Topliss-reactive ketones (excluding diaryl/α,β-unsaturated/α-hetero) is 1. The van der Waals surface area contributed by atoms with Gasteiger partial charge in [0.15, 0.2) is 18.2 Å². The molecular formula is C22H36O6. The fraction of sp³-hybridized carbons (Fsp3) is 0.955. The van der Waals surface area contributed by atoms with E-state index >= 15 is 0 Å². The molecule has 1 saturated heterocycles. The van der Waals surface area contributed by atoms with Crippen molar-refractivity contribution in [3.05, 3.63) is 0 Å². The van der Waals surface area contributed by atoms with Crippen molar-refractivity contribution in [2.75, 3.05) is 14.2 Å². The molecule has 0 spiro atoms. The lowest BCUT2D eigenvalue weighted by atomic mass is 9.37. The number of hydrogen-bond donors (Lipinski definition) is 2. The van der Waals surface area contributed by atoms with E-state index in [1.54, 1.807) is 0 Å².